The fraction of sp³-hybridized carbons (Fsp3) is 0. The van der Waals surface area contributed by atoms with Crippen molar-refractivity contribution in [2.24, 2.45) is 0 Å². The van der Waals surface area contributed by atoms with Gasteiger partial charge >= 0.3 is 0 Å². The van der Waals surface area contributed by atoms with Crippen molar-refractivity contribution in [1.29, 1.82) is 5.26 Å². The van der Waals surface area contributed by atoms with E-state index < -0.39 is 0 Å². The number of aromatic nitrogens is 2. The molecule has 0 fully saturated rings. The molecule has 0 unspecified atom stereocenters. The van der Waals surface area contributed by atoms with Crippen LogP contribution in [0.5, 0.6) is 0 Å². The average molecular weight is 626 g/mol. The van der Waals surface area contributed by atoms with Crippen LogP contribution in [0.3, 0.4) is 0 Å². The number of fused-ring (bicyclic) bond motifs is 4. The normalized spacial score (nSPS) is 11.2. The third kappa shape index (κ3) is 5.20. The average Bonchev–Trinajstić information content (AvgIpc) is 3.55. The summed E-state index contributed by atoms with van der Waals surface area (Å²) >= 11 is 0. The Bertz CT molecular complexity index is 2740. The molecule has 228 valence electrons. The summed E-state index contributed by atoms with van der Waals surface area (Å²) in [4.78, 5) is 10.1. The SMILES string of the molecule is N#Cc1ccccc1-c1cc(-c2cc(-c3ccc4ccccc4c3)cc(-c3ccc4oc5ccccc5c4c3)c2)nc(-c2ccccc2)n1. The van der Waals surface area contributed by atoms with E-state index in [0.717, 1.165) is 66.6 Å². The van der Waals surface area contributed by atoms with Crippen molar-refractivity contribution >= 4 is 32.7 Å². The van der Waals surface area contributed by atoms with Gasteiger partial charge in [-0.05, 0) is 87.6 Å². The van der Waals surface area contributed by atoms with Crippen LogP contribution in [0.4, 0.5) is 0 Å². The van der Waals surface area contributed by atoms with Gasteiger partial charge in [-0.25, -0.2) is 9.97 Å². The zero-order chi connectivity index (χ0) is 32.7. The number of nitrogens with zero attached hydrogens (tertiary/aromatic N) is 3. The van der Waals surface area contributed by atoms with Crippen LogP contribution in [-0.4, -0.2) is 9.97 Å². The lowest BCUT2D eigenvalue weighted by atomic mass is 9.93. The molecule has 7 aromatic carbocycles. The first-order chi connectivity index (χ1) is 24.2. The summed E-state index contributed by atoms with van der Waals surface area (Å²) in [5, 5.41) is 14.5. The molecule has 0 radical (unpaired) electrons. The Balaban J connectivity index is 1.29. The molecule has 4 nitrogen and oxygen atoms in total. The van der Waals surface area contributed by atoms with Gasteiger partial charge in [-0.15, -0.1) is 0 Å². The number of hydrogen-bond donors (Lipinski definition) is 0. The van der Waals surface area contributed by atoms with Crippen molar-refractivity contribution in [3.8, 4) is 62.2 Å². The topological polar surface area (TPSA) is 62.7 Å². The molecule has 0 spiro atoms. The fourth-order valence-electron chi connectivity index (χ4n) is 6.64. The molecular formula is C45H27N3O. The van der Waals surface area contributed by atoms with E-state index >= 15 is 0 Å². The number of para-hydroxylation sites is 1. The lowest BCUT2D eigenvalue weighted by molar-refractivity contribution is 0.669. The Labute approximate surface area is 283 Å². The molecule has 2 aromatic heterocycles. The lowest BCUT2D eigenvalue weighted by Crippen LogP contribution is -1.97. The maximum absolute atomic E-state index is 9.98. The van der Waals surface area contributed by atoms with Crippen molar-refractivity contribution < 1.29 is 4.42 Å². The number of rotatable bonds is 5. The first kappa shape index (κ1) is 28.4. The summed E-state index contributed by atoms with van der Waals surface area (Å²) in [6.07, 6.45) is 0. The van der Waals surface area contributed by atoms with Gasteiger partial charge in [-0.1, -0.05) is 109 Å². The van der Waals surface area contributed by atoms with Crippen LogP contribution in [0.2, 0.25) is 0 Å². The monoisotopic (exact) mass is 625 g/mol. The second-order valence-corrected chi connectivity index (χ2v) is 12.2. The number of nitriles is 1. The van der Waals surface area contributed by atoms with E-state index in [0.29, 0.717) is 17.1 Å². The second kappa shape index (κ2) is 11.8. The molecule has 4 heteroatoms. The molecule has 9 aromatic rings. The van der Waals surface area contributed by atoms with Crippen molar-refractivity contribution in [3.05, 3.63) is 169 Å². The summed E-state index contributed by atoms with van der Waals surface area (Å²) < 4.78 is 6.16. The third-order valence-corrected chi connectivity index (χ3v) is 9.10. The molecule has 0 saturated carbocycles. The van der Waals surface area contributed by atoms with E-state index in [-0.39, 0.29) is 0 Å². The van der Waals surface area contributed by atoms with E-state index in [2.05, 4.69) is 91.0 Å². The van der Waals surface area contributed by atoms with Crippen LogP contribution in [0.25, 0.3) is 88.9 Å². The Kier molecular flexibility index (Phi) is 6.81. The molecule has 0 saturated heterocycles. The van der Waals surface area contributed by atoms with E-state index in [1.165, 1.54) is 10.8 Å². The fourth-order valence-corrected chi connectivity index (χ4v) is 6.64. The van der Waals surface area contributed by atoms with Crippen molar-refractivity contribution in [2.45, 2.75) is 0 Å². The van der Waals surface area contributed by atoms with Crippen molar-refractivity contribution in [2.75, 3.05) is 0 Å². The maximum Gasteiger partial charge on any atom is 0.160 e. The Morgan fingerprint density at radius 3 is 1.94 bits per heavy atom. The number of hydrogen-bond acceptors (Lipinski definition) is 4. The Morgan fingerprint density at radius 2 is 1.08 bits per heavy atom. The van der Waals surface area contributed by atoms with E-state index in [1.807, 2.05) is 78.9 Å². The molecule has 0 atom stereocenters. The number of furan rings is 1. The summed E-state index contributed by atoms with van der Waals surface area (Å²) in [6.45, 7) is 0. The highest BCUT2D eigenvalue weighted by atomic mass is 16.3. The van der Waals surface area contributed by atoms with Gasteiger partial charge in [-0.2, -0.15) is 5.26 Å². The van der Waals surface area contributed by atoms with Crippen LogP contribution in [-0.2, 0) is 0 Å². The minimum absolute atomic E-state index is 0.567. The number of benzene rings is 7. The molecule has 49 heavy (non-hydrogen) atoms. The van der Waals surface area contributed by atoms with Crippen LogP contribution in [0.15, 0.2) is 168 Å². The van der Waals surface area contributed by atoms with Gasteiger partial charge in [0.2, 0.25) is 0 Å². The van der Waals surface area contributed by atoms with Gasteiger partial charge in [0.25, 0.3) is 0 Å². The van der Waals surface area contributed by atoms with Crippen LogP contribution >= 0.6 is 0 Å². The molecule has 0 N–H and O–H groups in total. The van der Waals surface area contributed by atoms with Gasteiger partial charge in [0.05, 0.1) is 23.0 Å². The van der Waals surface area contributed by atoms with Gasteiger partial charge in [0.1, 0.15) is 11.2 Å². The van der Waals surface area contributed by atoms with Crippen LogP contribution in [0, 0.1) is 11.3 Å². The summed E-state index contributed by atoms with van der Waals surface area (Å²) in [7, 11) is 0. The molecule has 0 bridgehead atoms. The largest absolute Gasteiger partial charge is 0.456 e. The molecular weight excluding hydrogens is 599 g/mol. The van der Waals surface area contributed by atoms with E-state index in [4.69, 9.17) is 14.4 Å². The zero-order valence-electron chi connectivity index (χ0n) is 26.3. The standard InChI is InChI=1S/C45H27N3O/c46-28-34-14-6-7-15-38(34)42-27-41(47-45(48-42)30-11-2-1-3-12-30)37-24-35(32-19-18-29-10-4-5-13-31(29)22-32)23-36(25-37)33-20-21-44-40(26-33)39-16-8-9-17-43(39)49-44/h1-27H. The van der Waals surface area contributed by atoms with E-state index in [1.54, 1.807) is 0 Å². The van der Waals surface area contributed by atoms with Gasteiger partial charge in [0.15, 0.2) is 5.82 Å². The highest BCUT2D eigenvalue weighted by molar-refractivity contribution is 6.06. The molecule has 2 heterocycles. The van der Waals surface area contributed by atoms with Gasteiger partial charge in [0, 0.05) is 27.5 Å². The zero-order valence-corrected chi connectivity index (χ0v) is 26.3. The lowest BCUT2D eigenvalue weighted by Gasteiger charge is -2.14. The quantitative estimate of drug-likeness (QED) is 0.191. The molecule has 9 rings (SSSR count). The predicted molar refractivity (Wildman–Crippen MR) is 199 cm³/mol. The summed E-state index contributed by atoms with van der Waals surface area (Å²) in [5.74, 6) is 0.602. The minimum atomic E-state index is 0.567. The molecule has 0 aliphatic carbocycles. The predicted octanol–water partition coefficient (Wildman–Crippen LogP) is 11.7. The summed E-state index contributed by atoms with van der Waals surface area (Å²) in [5.41, 5.74) is 10.7. The van der Waals surface area contributed by atoms with Crippen molar-refractivity contribution in [3.63, 3.8) is 0 Å². The first-order valence-electron chi connectivity index (χ1n) is 16.2. The van der Waals surface area contributed by atoms with Crippen LogP contribution in [0.1, 0.15) is 5.56 Å². The molecule has 0 amide bonds. The highest BCUT2D eigenvalue weighted by Gasteiger charge is 2.16. The third-order valence-electron chi connectivity index (χ3n) is 9.10. The maximum atomic E-state index is 9.98. The summed E-state index contributed by atoms with van der Waals surface area (Å²) in [6, 6.07) is 58.2. The highest BCUT2D eigenvalue weighted by Crippen LogP contribution is 2.38. The molecule has 0 aliphatic heterocycles. The Morgan fingerprint density at radius 1 is 0.429 bits per heavy atom. The first-order valence-corrected chi connectivity index (χ1v) is 16.2. The van der Waals surface area contributed by atoms with Gasteiger partial charge < -0.3 is 4.42 Å². The van der Waals surface area contributed by atoms with E-state index in [9.17, 15) is 5.26 Å². The Hall–Kier alpha value is -6.83. The van der Waals surface area contributed by atoms with Gasteiger partial charge in [-0.3, -0.25) is 0 Å². The van der Waals surface area contributed by atoms with Crippen LogP contribution < -0.4 is 0 Å². The smallest absolute Gasteiger partial charge is 0.160 e. The second-order valence-electron chi connectivity index (χ2n) is 12.2. The van der Waals surface area contributed by atoms with Crippen molar-refractivity contribution in [1.82, 2.24) is 9.97 Å². The molecule has 0 aliphatic rings. The minimum Gasteiger partial charge on any atom is -0.456 e.